The Kier molecular flexibility index (Phi) is 6.31. The SMILES string of the molecule is CC(C)CC(C)N(C)C(c1cccc(Cl)c1)C(C)N. The van der Waals surface area contributed by atoms with Gasteiger partial charge in [0.05, 0.1) is 0 Å². The third-order valence-corrected chi connectivity index (χ3v) is 3.87. The Hall–Kier alpha value is -0.570. The van der Waals surface area contributed by atoms with E-state index in [1.54, 1.807) is 0 Å². The van der Waals surface area contributed by atoms with Gasteiger partial charge in [0.15, 0.2) is 0 Å². The van der Waals surface area contributed by atoms with Gasteiger partial charge < -0.3 is 5.73 Å². The van der Waals surface area contributed by atoms with Crippen LogP contribution >= 0.6 is 11.6 Å². The van der Waals surface area contributed by atoms with Gasteiger partial charge in [0.1, 0.15) is 0 Å². The first kappa shape index (κ1) is 16.5. The van der Waals surface area contributed by atoms with Crippen molar-refractivity contribution in [2.24, 2.45) is 11.7 Å². The summed E-state index contributed by atoms with van der Waals surface area (Å²) in [6, 6.07) is 8.79. The van der Waals surface area contributed by atoms with Crippen molar-refractivity contribution in [2.75, 3.05) is 7.05 Å². The molecule has 0 bridgehead atoms. The Morgan fingerprint density at radius 1 is 1.21 bits per heavy atom. The summed E-state index contributed by atoms with van der Waals surface area (Å²) in [5.74, 6) is 0.686. The lowest BCUT2D eigenvalue weighted by Gasteiger charge is -2.36. The molecule has 0 radical (unpaired) electrons. The van der Waals surface area contributed by atoms with E-state index in [1.165, 1.54) is 12.0 Å². The fourth-order valence-corrected chi connectivity index (χ4v) is 2.92. The van der Waals surface area contributed by atoms with Gasteiger partial charge in [-0.05, 0) is 50.9 Å². The smallest absolute Gasteiger partial charge is 0.0496 e. The standard InChI is InChI=1S/C16H27ClN2/c1-11(2)9-12(3)19(5)16(13(4)18)14-7-6-8-15(17)10-14/h6-8,10-13,16H,9,18H2,1-5H3. The van der Waals surface area contributed by atoms with Crippen LogP contribution in [0.25, 0.3) is 0 Å². The Balaban J connectivity index is 2.94. The van der Waals surface area contributed by atoms with Crippen molar-refractivity contribution in [1.82, 2.24) is 4.90 Å². The van der Waals surface area contributed by atoms with Crippen LogP contribution in [-0.2, 0) is 0 Å². The topological polar surface area (TPSA) is 29.3 Å². The van der Waals surface area contributed by atoms with E-state index in [9.17, 15) is 0 Å². The number of nitrogens with zero attached hydrogens (tertiary/aromatic N) is 1. The number of halogens is 1. The highest BCUT2D eigenvalue weighted by Gasteiger charge is 2.25. The highest BCUT2D eigenvalue weighted by atomic mass is 35.5. The highest BCUT2D eigenvalue weighted by Crippen LogP contribution is 2.27. The van der Waals surface area contributed by atoms with E-state index in [4.69, 9.17) is 17.3 Å². The average Bonchev–Trinajstić information content (AvgIpc) is 2.27. The van der Waals surface area contributed by atoms with Crippen LogP contribution in [0.4, 0.5) is 0 Å². The molecule has 0 saturated heterocycles. The first-order valence-corrected chi connectivity index (χ1v) is 7.43. The van der Waals surface area contributed by atoms with Crippen LogP contribution in [0.2, 0.25) is 5.02 Å². The van der Waals surface area contributed by atoms with Gasteiger partial charge in [-0.15, -0.1) is 0 Å². The number of benzene rings is 1. The molecule has 2 N–H and O–H groups in total. The molecule has 0 saturated carbocycles. The third kappa shape index (κ3) is 4.79. The number of nitrogens with two attached hydrogens (primary N) is 1. The lowest BCUT2D eigenvalue weighted by molar-refractivity contribution is 0.148. The maximum atomic E-state index is 6.20. The summed E-state index contributed by atoms with van der Waals surface area (Å²) < 4.78 is 0. The molecule has 1 rings (SSSR count). The first-order valence-electron chi connectivity index (χ1n) is 7.06. The molecular weight excluding hydrogens is 256 g/mol. The Bertz CT molecular complexity index is 390. The van der Waals surface area contributed by atoms with Gasteiger partial charge in [0.2, 0.25) is 0 Å². The average molecular weight is 283 g/mol. The Morgan fingerprint density at radius 3 is 2.32 bits per heavy atom. The summed E-state index contributed by atoms with van der Waals surface area (Å²) in [4.78, 5) is 2.37. The van der Waals surface area contributed by atoms with Crippen LogP contribution in [0.3, 0.4) is 0 Å². The van der Waals surface area contributed by atoms with Crippen molar-refractivity contribution in [3.63, 3.8) is 0 Å². The molecule has 0 amide bonds. The zero-order chi connectivity index (χ0) is 14.6. The largest absolute Gasteiger partial charge is 0.326 e. The Morgan fingerprint density at radius 2 is 1.84 bits per heavy atom. The van der Waals surface area contributed by atoms with Crippen LogP contribution in [0.5, 0.6) is 0 Å². The zero-order valence-electron chi connectivity index (χ0n) is 12.7. The maximum absolute atomic E-state index is 6.20. The predicted molar refractivity (Wildman–Crippen MR) is 84.5 cm³/mol. The van der Waals surface area contributed by atoms with Crippen molar-refractivity contribution in [2.45, 2.75) is 52.2 Å². The minimum atomic E-state index is 0.0677. The van der Waals surface area contributed by atoms with Crippen LogP contribution in [0.15, 0.2) is 24.3 Å². The molecule has 0 aromatic heterocycles. The molecule has 1 aromatic rings. The van der Waals surface area contributed by atoms with Gasteiger partial charge in [-0.2, -0.15) is 0 Å². The second-order valence-electron chi connectivity index (χ2n) is 6.00. The normalized spacial score (nSPS) is 16.7. The van der Waals surface area contributed by atoms with Crippen molar-refractivity contribution in [3.05, 3.63) is 34.9 Å². The van der Waals surface area contributed by atoms with Gasteiger partial charge in [-0.3, -0.25) is 4.90 Å². The van der Waals surface area contributed by atoms with Crippen LogP contribution in [0.1, 0.15) is 45.7 Å². The monoisotopic (exact) mass is 282 g/mol. The minimum absolute atomic E-state index is 0.0677. The molecule has 0 aliphatic rings. The van der Waals surface area contributed by atoms with Crippen molar-refractivity contribution < 1.29 is 0 Å². The molecule has 3 unspecified atom stereocenters. The van der Waals surface area contributed by atoms with E-state index in [-0.39, 0.29) is 12.1 Å². The molecule has 108 valence electrons. The summed E-state index contributed by atoms with van der Waals surface area (Å²) in [5, 5.41) is 0.771. The molecule has 0 aliphatic heterocycles. The third-order valence-electron chi connectivity index (χ3n) is 3.63. The Labute approximate surface area is 122 Å². The molecular formula is C16H27ClN2. The van der Waals surface area contributed by atoms with Gasteiger partial charge >= 0.3 is 0 Å². The fourth-order valence-electron chi connectivity index (χ4n) is 2.72. The van der Waals surface area contributed by atoms with E-state index >= 15 is 0 Å². The second-order valence-corrected chi connectivity index (χ2v) is 6.44. The summed E-state index contributed by atoms with van der Waals surface area (Å²) >= 11 is 6.10. The minimum Gasteiger partial charge on any atom is -0.326 e. The van der Waals surface area contributed by atoms with E-state index in [0.717, 1.165) is 5.02 Å². The van der Waals surface area contributed by atoms with Gasteiger partial charge in [-0.25, -0.2) is 0 Å². The summed E-state index contributed by atoms with van der Waals surface area (Å²) in [7, 11) is 2.15. The lowest BCUT2D eigenvalue weighted by Crippen LogP contribution is -2.42. The maximum Gasteiger partial charge on any atom is 0.0496 e. The number of likely N-dealkylation sites (N-methyl/N-ethyl adjacent to an activating group) is 1. The van der Waals surface area contributed by atoms with Crippen molar-refractivity contribution >= 4 is 11.6 Å². The summed E-state index contributed by atoms with van der Waals surface area (Å²) in [5.41, 5.74) is 7.40. The number of rotatable bonds is 6. The molecule has 0 fully saturated rings. The molecule has 0 spiro atoms. The van der Waals surface area contributed by atoms with Gasteiger partial charge in [0.25, 0.3) is 0 Å². The molecule has 3 heteroatoms. The zero-order valence-corrected chi connectivity index (χ0v) is 13.5. The van der Waals surface area contributed by atoms with Crippen molar-refractivity contribution in [1.29, 1.82) is 0 Å². The van der Waals surface area contributed by atoms with Crippen LogP contribution < -0.4 is 5.73 Å². The molecule has 19 heavy (non-hydrogen) atoms. The summed E-state index contributed by atoms with van der Waals surface area (Å²) in [6.07, 6.45) is 1.17. The molecule has 0 aliphatic carbocycles. The van der Waals surface area contributed by atoms with E-state index in [1.807, 2.05) is 18.2 Å². The summed E-state index contributed by atoms with van der Waals surface area (Å²) in [6.45, 7) is 8.83. The van der Waals surface area contributed by atoms with Crippen LogP contribution in [-0.4, -0.2) is 24.0 Å². The predicted octanol–water partition coefficient (Wildman–Crippen LogP) is 4.09. The lowest BCUT2D eigenvalue weighted by atomic mass is 9.96. The number of hydrogen-bond acceptors (Lipinski definition) is 2. The van der Waals surface area contributed by atoms with E-state index < -0.39 is 0 Å². The van der Waals surface area contributed by atoms with E-state index in [0.29, 0.717) is 12.0 Å². The quantitative estimate of drug-likeness (QED) is 0.851. The van der Waals surface area contributed by atoms with Crippen molar-refractivity contribution in [3.8, 4) is 0 Å². The highest BCUT2D eigenvalue weighted by molar-refractivity contribution is 6.30. The first-order chi connectivity index (χ1) is 8.82. The fraction of sp³-hybridized carbons (Fsp3) is 0.625. The van der Waals surface area contributed by atoms with Gasteiger partial charge in [0, 0.05) is 23.1 Å². The molecule has 0 heterocycles. The van der Waals surface area contributed by atoms with E-state index in [2.05, 4.69) is 45.7 Å². The second kappa shape index (κ2) is 7.28. The molecule has 1 aromatic carbocycles. The molecule has 3 atom stereocenters. The van der Waals surface area contributed by atoms with Gasteiger partial charge in [-0.1, -0.05) is 37.6 Å². The number of hydrogen-bond donors (Lipinski definition) is 1. The molecule has 2 nitrogen and oxygen atoms in total. The van der Waals surface area contributed by atoms with Crippen LogP contribution in [0, 0.1) is 5.92 Å².